The van der Waals surface area contributed by atoms with Crippen molar-refractivity contribution in [1.29, 1.82) is 0 Å². The zero-order chi connectivity index (χ0) is 19.4. The first-order valence-corrected chi connectivity index (χ1v) is 9.79. The van der Waals surface area contributed by atoms with Crippen LogP contribution in [0.15, 0.2) is 65.5 Å². The van der Waals surface area contributed by atoms with Crippen molar-refractivity contribution in [3.8, 4) is 0 Å². The van der Waals surface area contributed by atoms with Gasteiger partial charge in [-0.15, -0.1) is 0 Å². The third-order valence-electron chi connectivity index (χ3n) is 5.40. The van der Waals surface area contributed by atoms with Gasteiger partial charge in [-0.3, -0.25) is 0 Å². The summed E-state index contributed by atoms with van der Waals surface area (Å²) in [5, 5.41) is 9.20. The summed E-state index contributed by atoms with van der Waals surface area (Å²) in [6.07, 6.45) is 8.91. The molecule has 1 unspecified atom stereocenters. The Morgan fingerprint density at radius 1 is 1.37 bits per heavy atom. The van der Waals surface area contributed by atoms with Crippen molar-refractivity contribution in [2.45, 2.75) is 33.2 Å². The molecule has 2 heterocycles. The lowest BCUT2D eigenvalue weighted by atomic mass is 9.85. The molecule has 1 aromatic carbocycles. The summed E-state index contributed by atoms with van der Waals surface area (Å²) in [5.41, 5.74) is 10.8. The Kier molecular flexibility index (Phi) is 5.88. The minimum atomic E-state index is -0.209. The first-order chi connectivity index (χ1) is 13.0. The topological polar surface area (TPSA) is 39.3 Å². The van der Waals surface area contributed by atoms with Crippen LogP contribution in [-0.2, 0) is 5.54 Å². The number of likely N-dealkylation sites (N-methyl/N-ethyl adjacent to an activating group) is 1. The number of rotatable bonds is 6. The minimum absolute atomic E-state index is 0.209. The standard InChI is InChI=1S/C23H32N4/c1-6-18(14-24-7-2)19-9-8-10-21(13-19)23(4)12-11-22(17(3)26-23)20-15-25-27(5)16-20/h6,8-13,16,24-26H,7,14-15H2,1-5H3/b18-6+. The van der Waals surface area contributed by atoms with Gasteiger partial charge in [0.1, 0.15) is 0 Å². The number of nitrogens with zero attached hydrogens (tertiary/aromatic N) is 1. The van der Waals surface area contributed by atoms with Crippen LogP contribution in [0, 0.1) is 0 Å². The Bertz CT molecular complexity index is 815. The van der Waals surface area contributed by atoms with Crippen LogP contribution >= 0.6 is 0 Å². The number of hydrogen-bond donors (Lipinski definition) is 3. The van der Waals surface area contributed by atoms with Crippen molar-refractivity contribution in [3.05, 3.63) is 76.7 Å². The zero-order valence-corrected chi connectivity index (χ0v) is 17.2. The van der Waals surface area contributed by atoms with Crippen molar-refractivity contribution in [1.82, 2.24) is 21.1 Å². The maximum atomic E-state index is 3.75. The van der Waals surface area contributed by atoms with Crippen molar-refractivity contribution in [2.75, 3.05) is 26.7 Å². The number of dihydropyridines is 1. The van der Waals surface area contributed by atoms with E-state index in [2.05, 4.69) is 92.4 Å². The number of nitrogens with one attached hydrogen (secondary N) is 3. The molecule has 0 bridgehead atoms. The molecule has 0 fully saturated rings. The fourth-order valence-corrected chi connectivity index (χ4v) is 3.76. The van der Waals surface area contributed by atoms with Crippen LogP contribution in [0.4, 0.5) is 0 Å². The van der Waals surface area contributed by atoms with E-state index in [4.69, 9.17) is 0 Å². The van der Waals surface area contributed by atoms with Crippen LogP contribution in [0.3, 0.4) is 0 Å². The smallest absolute Gasteiger partial charge is 0.0782 e. The predicted molar refractivity (Wildman–Crippen MR) is 115 cm³/mol. The quantitative estimate of drug-likeness (QED) is 0.720. The van der Waals surface area contributed by atoms with E-state index in [-0.39, 0.29) is 5.54 Å². The zero-order valence-electron chi connectivity index (χ0n) is 17.2. The monoisotopic (exact) mass is 364 g/mol. The molecule has 0 radical (unpaired) electrons. The second-order valence-corrected chi connectivity index (χ2v) is 7.47. The maximum Gasteiger partial charge on any atom is 0.0782 e. The second kappa shape index (κ2) is 8.15. The van der Waals surface area contributed by atoms with Gasteiger partial charge in [0, 0.05) is 32.0 Å². The van der Waals surface area contributed by atoms with E-state index in [1.165, 1.54) is 33.5 Å². The Hall–Kier alpha value is -2.30. The number of benzene rings is 1. The molecular weight excluding hydrogens is 332 g/mol. The highest BCUT2D eigenvalue weighted by Crippen LogP contribution is 2.32. The van der Waals surface area contributed by atoms with Crippen LogP contribution in [-0.4, -0.2) is 31.7 Å². The lowest BCUT2D eigenvalue weighted by Crippen LogP contribution is -2.39. The van der Waals surface area contributed by atoms with Gasteiger partial charge in [0.2, 0.25) is 0 Å². The first-order valence-electron chi connectivity index (χ1n) is 9.79. The van der Waals surface area contributed by atoms with Crippen molar-refractivity contribution in [2.24, 2.45) is 0 Å². The number of allylic oxidation sites excluding steroid dienone is 3. The molecule has 27 heavy (non-hydrogen) atoms. The fourth-order valence-electron chi connectivity index (χ4n) is 3.76. The predicted octanol–water partition coefficient (Wildman–Crippen LogP) is 3.68. The van der Waals surface area contributed by atoms with Crippen LogP contribution in [0.5, 0.6) is 0 Å². The van der Waals surface area contributed by atoms with E-state index in [1.807, 2.05) is 12.1 Å². The molecule has 0 saturated heterocycles. The van der Waals surface area contributed by atoms with E-state index >= 15 is 0 Å². The van der Waals surface area contributed by atoms with Gasteiger partial charge in [-0.1, -0.05) is 43.4 Å². The number of hydrogen-bond acceptors (Lipinski definition) is 4. The van der Waals surface area contributed by atoms with Crippen LogP contribution in [0.1, 0.15) is 38.8 Å². The summed E-state index contributed by atoms with van der Waals surface area (Å²) in [6, 6.07) is 8.88. The Balaban J connectivity index is 1.85. The molecule has 0 saturated carbocycles. The van der Waals surface area contributed by atoms with Crippen LogP contribution < -0.4 is 16.1 Å². The lowest BCUT2D eigenvalue weighted by Gasteiger charge is -2.34. The summed E-state index contributed by atoms with van der Waals surface area (Å²) in [6.45, 7) is 11.4. The Morgan fingerprint density at radius 3 is 2.81 bits per heavy atom. The molecule has 3 N–H and O–H groups in total. The fraction of sp³-hybridized carbons (Fsp3) is 0.391. The van der Waals surface area contributed by atoms with Crippen molar-refractivity contribution in [3.63, 3.8) is 0 Å². The molecule has 0 aliphatic carbocycles. The number of hydrazine groups is 1. The minimum Gasteiger partial charge on any atom is -0.375 e. The Morgan fingerprint density at radius 2 is 2.19 bits per heavy atom. The SMILES string of the molecule is C/C=C(\CNCC)c1cccc(C2(C)C=CC(C3=CN(C)NC3)=C(C)N2)c1. The van der Waals surface area contributed by atoms with Gasteiger partial charge in [-0.05, 0) is 61.2 Å². The third-order valence-corrected chi connectivity index (χ3v) is 5.40. The molecule has 0 amide bonds. The van der Waals surface area contributed by atoms with E-state index in [1.54, 1.807) is 0 Å². The van der Waals surface area contributed by atoms with E-state index in [9.17, 15) is 0 Å². The third kappa shape index (κ3) is 4.18. The van der Waals surface area contributed by atoms with Gasteiger partial charge in [-0.2, -0.15) is 0 Å². The van der Waals surface area contributed by atoms with Crippen LogP contribution in [0.2, 0.25) is 0 Å². The van der Waals surface area contributed by atoms with E-state index < -0.39 is 0 Å². The summed E-state index contributed by atoms with van der Waals surface area (Å²) >= 11 is 0. The molecule has 2 aliphatic rings. The maximum absolute atomic E-state index is 3.75. The van der Waals surface area contributed by atoms with Gasteiger partial charge in [-0.25, -0.2) is 5.43 Å². The molecule has 0 spiro atoms. The summed E-state index contributed by atoms with van der Waals surface area (Å²) in [5.74, 6) is 0. The molecule has 2 aliphatic heterocycles. The molecule has 1 atom stereocenters. The van der Waals surface area contributed by atoms with E-state index in [0.29, 0.717) is 0 Å². The molecule has 1 aromatic rings. The lowest BCUT2D eigenvalue weighted by molar-refractivity contribution is 0.374. The van der Waals surface area contributed by atoms with Gasteiger partial charge < -0.3 is 15.6 Å². The normalized spacial score (nSPS) is 22.9. The molecule has 4 nitrogen and oxygen atoms in total. The summed E-state index contributed by atoms with van der Waals surface area (Å²) in [7, 11) is 2.03. The summed E-state index contributed by atoms with van der Waals surface area (Å²) in [4.78, 5) is 0. The van der Waals surface area contributed by atoms with Gasteiger partial charge in [0.25, 0.3) is 0 Å². The highest BCUT2D eigenvalue weighted by Gasteiger charge is 2.28. The molecule has 3 rings (SSSR count). The largest absolute Gasteiger partial charge is 0.375 e. The van der Waals surface area contributed by atoms with Gasteiger partial charge in [0.15, 0.2) is 0 Å². The average molecular weight is 365 g/mol. The van der Waals surface area contributed by atoms with Crippen molar-refractivity contribution >= 4 is 5.57 Å². The highest BCUT2D eigenvalue weighted by atomic mass is 15.5. The molecule has 4 heteroatoms. The second-order valence-electron chi connectivity index (χ2n) is 7.47. The summed E-state index contributed by atoms with van der Waals surface area (Å²) < 4.78 is 0. The van der Waals surface area contributed by atoms with Crippen molar-refractivity contribution < 1.29 is 0 Å². The highest BCUT2D eigenvalue weighted by molar-refractivity contribution is 5.67. The molecular formula is C23H32N4. The van der Waals surface area contributed by atoms with E-state index in [0.717, 1.165) is 19.6 Å². The first kappa shape index (κ1) is 19.5. The van der Waals surface area contributed by atoms with Gasteiger partial charge >= 0.3 is 0 Å². The molecule has 144 valence electrons. The average Bonchev–Trinajstić information content (AvgIpc) is 3.09. The molecule has 0 aromatic heterocycles. The van der Waals surface area contributed by atoms with Gasteiger partial charge in [0.05, 0.1) is 5.54 Å². The van der Waals surface area contributed by atoms with Crippen LogP contribution in [0.25, 0.3) is 5.57 Å². The Labute approximate surface area is 163 Å².